The third-order valence-corrected chi connectivity index (χ3v) is 3.56. The Morgan fingerprint density at radius 3 is 2.84 bits per heavy atom. The highest BCUT2D eigenvalue weighted by Crippen LogP contribution is 2.26. The number of hydrogen-bond acceptors (Lipinski definition) is 6. The minimum absolute atomic E-state index is 0.0640. The van der Waals surface area contributed by atoms with Gasteiger partial charge in [0, 0.05) is 10.9 Å². The molecule has 0 saturated heterocycles. The summed E-state index contributed by atoms with van der Waals surface area (Å²) < 4.78 is 10.1. The molecule has 0 saturated carbocycles. The monoisotopic (exact) mass is 280 g/mol. The molecule has 2 aromatic heterocycles. The van der Waals surface area contributed by atoms with E-state index >= 15 is 0 Å². The first-order chi connectivity index (χ1) is 9.01. The Balaban J connectivity index is 2.11. The molecule has 0 aliphatic rings. The van der Waals surface area contributed by atoms with Crippen LogP contribution in [0.1, 0.15) is 40.5 Å². The maximum Gasteiger partial charge on any atom is 0.357 e. The average Bonchev–Trinajstić information content (AvgIpc) is 2.95. The number of anilines is 1. The van der Waals surface area contributed by atoms with E-state index in [9.17, 15) is 4.79 Å². The standard InChI is InChI=1S/C13H16N2O3S/c1-7-5-10(9(3)18-7)8(2)14-13-15-11(6-19-13)12(16)17-4/h5-6,8H,1-4H3,(H,14,15). The molecule has 2 aromatic rings. The van der Waals surface area contributed by atoms with E-state index in [1.54, 1.807) is 5.38 Å². The average molecular weight is 280 g/mol. The number of nitrogens with zero attached hydrogens (tertiary/aromatic N) is 1. The number of furan rings is 1. The summed E-state index contributed by atoms with van der Waals surface area (Å²) in [5.41, 5.74) is 1.41. The molecule has 2 heterocycles. The minimum Gasteiger partial charge on any atom is -0.466 e. The van der Waals surface area contributed by atoms with Gasteiger partial charge in [0.25, 0.3) is 0 Å². The molecule has 0 amide bonds. The topological polar surface area (TPSA) is 64.4 Å². The van der Waals surface area contributed by atoms with E-state index < -0.39 is 5.97 Å². The van der Waals surface area contributed by atoms with Gasteiger partial charge in [0.1, 0.15) is 11.5 Å². The third kappa shape index (κ3) is 2.96. The minimum atomic E-state index is -0.424. The summed E-state index contributed by atoms with van der Waals surface area (Å²) in [6, 6.07) is 2.07. The molecule has 2 rings (SSSR count). The van der Waals surface area contributed by atoms with Crippen LogP contribution in [0.3, 0.4) is 0 Å². The molecule has 1 N–H and O–H groups in total. The van der Waals surface area contributed by atoms with Crippen LogP contribution < -0.4 is 5.32 Å². The van der Waals surface area contributed by atoms with Crippen LogP contribution in [0.4, 0.5) is 5.13 Å². The molecule has 1 atom stereocenters. The SMILES string of the molecule is COC(=O)c1csc(NC(C)c2cc(C)oc2C)n1. The molecule has 102 valence electrons. The highest BCUT2D eigenvalue weighted by molar-refractivity contribution is 7.13. The van der Waals surface area contributed by atoms with Crippen LogP contribution in [0, 0.1) is 13.8 Å². The second kappa shape index (κ2) is 5.44. The number of methoxy groups -OCH3 is 1. The van der Waals surface area contributed by atoms with Gasteiger partial charge < -0.3 is 14.5 Å². The zero-order chi connectivity index (χ0) is 14.0. The van der Waals surface area contributed by atoms with Crippen molar-refractivity contribution in [3.63, 3.8) is 0 Å². The number of aromatic nitrogens is 1. The Bertz CT molecular complexity index is 588. The molecular weight excluding hydrogens is 264 g/mol. The van der Waals surface area contributed by atoms with Gasteiger partial charge in [-0.2, -0.15) is 0 Å². The molecule has 5 nitrogen and oxygen atoms in total. The molecule has 0 aliphatic heterocycles. The smallest absolute Gasteiger partial charge is 0.357 e. The predicted molar refractivity (Wildman–Crippen MR) is 73.7 cm³/mol. The molecule has 19 heavy (non-hydrogen) atoms. The molecule has 1 unspecified atom stereocenters. The van der Waals surface area contributed by atoms with E-state index in [2.05, 4.69) is 15.0 Å². The fourth-order valence-corrected chi connectivity index (χ4v) is 2.65. The highest BCUT2D eigenvalue weighted by Gasteiger charge is 2.15. The largest absolute Gasteiger partial charge is 0.466 e. The van der Waals surface area contributed by atoms with Gasteiger partial charge >= 0.3 is 5.97 Å². The van der Waals surface area contributed by atoms with Crippen molar-refractivity contribution < 1.29 is 13.9 Å². The first-order valence-electron chi connectivity index (χ1n) is 5.88. The van der Waals surface area contributed by atoms with Crippen LogP contribution in [-0.2, 0) is 4.74 Å². The number of esters is 1. The van der Waals surface area contributed by atoms with Crippen molar-refractivity contribution in [3.8, 4) is 0 Å². The molecule has 0 aliphatic carbocycles. The van der Waals surface area contributed by atoms with E-state index in [1.807, 2.05) is 26.8 Å². The van der Waals surface area contributed by atoms with Gasteiger partial charge in [-0.3, -0.25) is 0 Å². The molecule has 0 fully saturated rings. The number of aryl methyl sites for hydroxylation is 2. The van der Waals surface area contributed by atoms with E-state index in [1.165, 1.54) is 18.4 Å². The van der Waals surface area contributed by atoms with Gasteiger partial charge in [0.2, 0.25) is 0 Å². The van der Waals surface area contributed by atoms with Gasteiger partial charge in [0.05, 0.1) is 13.2 Å². The van der Waals surface area contributed by atoms with Crippen LogP contribution in [-0.4, -0.2) is 18.1 Å². The number of rotatable bonds is 4. The van der Waals surface area contributed by atoms with Gasteiger partial charge in [-0.25, -0.2) is 9.78 Å². The number of ether oxygens (including phenoxy) is 1. The summed E-state index contributed by atoms with van der Waals surface area (Å²) in [4.78, 5) is 15.5. The van der Waals surface area contributed by atoms with E-state index in [0.717, 1.165) is 17.1 Å². The number of thiazole rings is 1. The first-order valence-corrected chi connectivity index (χ1v) is 6.76. The number of hydrogen-bond donors (Lipinski definition) is 1. The molecule has 6 heteroatoms. The van der Waals surface area contributed by atoms with Crippen LogP contribution >= 0.6 is 11.3 Å². The Hall–Kier alpha value is -1.82. The summed E-state index contributed by atoms with van der Waals surface area (Å²) >= 11 is 1.38. The molecule has 0 bridgehead atoms. The Kier molecular flexibility index (Phi) is 3.90. The molecule has 0 aromatic carbocycles. The van der Waals surface area contributed by atoms with Crippen LogP contribution in [0.2, 0.25) is 0 Å². The van der Waals surface area contributed by atoms with E-state index in [-0.39, 0.29) is 6.04 Å². The first kappa shape index (κ1) is 13.6. The van der Waals surface area contributed by atoms with Gasteiger partial charge in [-0.15, -0.1) is 11.3 Å². The van der Waals surface area contributed by atoms with Crippen molar-refractivity contribution in [1.29, 1.82) is 0 Å². The van der Waals surface area contributed by atoms with Crippen LogP contribution in [0.5, 0.6) is 0 Å². The van der Waals surface area contributed by atoms with Gasteiger partial charge in [0.15, 0.2) is 10.8 Å². The molecule has 0 spiro atoms. The van der Waals surface area contributed by atoms with Crippen molar-refractivity contribution in [2.75, 3.05) is 12.4 Å². The van der Waals surface area contributed by atoms with Crippen molar-refractivity contribution in [1.82, 2.24) is 4.98 Å². The maximum atomic E-state index is 11.3. The van der Waals surface area contributed by atoms with Gasteiger partial charge in [-0.1, -0.05) is 0 Å². The fourth-order valence-electron chi connectivity index (χ4n) is 1.88. The van der Waals surface area contributed by atoms with Crippen molar-refractivity contribution in [2.45, 2.75) is 26.8 Å². The number of nitrogens with one attached hydrogen (secondary N) is 1. The normalized spacial score (nSPS) is 12.2. The quantitative estimate of drug-likeness (QED) is 0.870. The van der Waals surface area contributed by atoms with Crippen molar-refractivity contribution in [3.05, 3.63) is 34.2 Å². The molecular formula is C13H16N2O3S. The lowest BCUT2D eigenvalue weighted by atomic mass is 10.1. The van der Waals surface area contributed by atoms with E-state index in [4.69, 9.17) is 4.42 Å². The number of carbonyl (C=O) groups excluding carboxylic acids is 1. The lowest BCUT2D eigenvalue weighted by molar-refractivity contribution is 0.0595. The zero-order valence-electron chi connectivity index (χ0n) is 11.3. The van der Waals surface area contributed by atoms with Gasteiger partial charge in [-0.05, 0) is 26.8 Å². The second-order valence-electron chi connectivity index (χ2n) is 4.26. The maximum absolute atomic E-state index is 11.3. The fraction of sp³-hybridized carbons (Fsp3) is 0.385. The Labute approximate surface area is 115 Å². The van der Waals surface area contributed by atoms with E-state index in [0.29, 0.717) is 10.8 Å². The highest BCUT2D eigenvalue weighted by atomic mass is 32.1. The number of carbonyl (C=O) groups is 1. The summed E-state index contributed by atoms with van der Waals surface area (Å²) in [5, 5.41) is 5.61. The summed E-state index contributed by atoms with van der Waals surface area (Å²) in [7, 11) is 1.34. The molecule has 0 radical (unpaired) electrons. The van der Waals surface area contributed by atoms with Crippen LogP contribution in [0.25, 0.3) is 0 Å². The summed E-state index contributed by atoms with van der Waals surface area (Å²) in [6.07, 6.45) is 0. The predicted octanol–water partition coefficient (Wildman–Crippen LogP) is 3.31. The summed E-state index contributed by atoms with van der Waals surface area (Å²) in [6.45, 7) is 5.88. The Morgan fingerprint density at radius 1 is 1.53 bits per heavy atom. The second-order valence-corrected chi connectivity index (χ2v) is 5.12. The Morgan fingerprint density at radius 2 is 2.26 bits per heavy atom. The zero-order valence-corrected chi connectivity index (χ0v) is 12.1. The van der Waals surface area contributed by atoms with Crippen molar-refractivity contribution in [2.24, 2.45) is 0 Å². The lowest BCUT2D eigenvalue weighted by Gasteiger charge is -2.11. The third-order valence-electron chi connectivity index (χ3n) is 2.78. The lowest BCUT2D eigenvalue weighted by Crippen LogP contribution is -2.07. The summed E-state index contributed by atoms with van der Waals surface area (Å²) in [5.74, 6) is 1.35. The van der Waals surface area contributed by atoms with Crippen LogP contribution in [0.15, 0.2) is 15.9 Å². The van der Waals surface area contributed by atoms with Crippen molar-refractivity contribution >= 4 is 22.4 Å².